The Morgan fingerprint density at radius 3 is 2.62 bits per heavy atom. The van der Waals surface area contributed by atoms with Crippen LogP contribution in [-0.4, -0.2) is 44.5 Å². The summed E-state index contributed by atoms with van der Waals surface area (Å²) in [5.74, 6) is 4.15. The number of hydrogen-bond donors (Lipinski definition) is 4. The van der Waals surface area contributed by atoms with Crippen molar-refractivity contribution >= 4 is 0 Å². The van der Waals surface area contributed by atoms with E-state index < -0.39 is 17.1 Å². The number of aliphatic hydroxyl groups excluding tert-OH is 1. The average molecular weight is 514 g/mol. The highest BCUT2D eigenvalue weighted by molar-refractivity contribution is 5.20. The molecule has 4 fully saturated rings. The SMILES string of the molecule is CC(C)CCC[C@@H](C)[C@H]1CC[C@H]2[C@@H]3C[C@@H](NCCc4cnc[nH]4)[C@@]4(O)CCCC(O)[C@]4(C)[C@H]3CC[C@]12C. The molecule has 0 radical (unpaired) electrons. The van der Waals surface area contributed by atoms with Crippen LogP contribution in [0.1, 0.15) is 111 Å². The van der Waals surface area contributed by atoms with Gasteiger partial charge in [-0.2, -0.15) is 0 Å². The van der Waals surface area contributed by atoms with E-state index in [1.54, 1.807) is 6.33 Å². The first-order valence-corrected chi connectivity index (χ1v) is 15.7. The van der Waals surface area contributed by atoms with Crippen molar-refractivity contribution in [3.05, 3.63) is 18.2 Å². The van der Waals surface area contributed by atoms with Gasteiger partial charge in [0.15, 0.2) is 0 Å². The van der Waals surface area contributed by atoms with E-state index >= 15 is 0 Å². The lowest BCUT2D eigenvalue weighted by molar-refractivity contribution is -0.255. The molecule has 4 aliphatic rings. The number of nitrogens with one attached hydrogen (secondary N) is 2. The number of aromatic amines is 1. The first-order valence-electron chi connectivity index (χ1n) is 15.7. The molecule has 0 aliphatic heterocycles. The van der Waals surface area contributed by atoms with E-state index in [4.69, 9.17) is 0 Å². The minimum absolute atomic E-state index is 0.0430. The van der Waals surface area contributed by atoms with E-state index in [0.29, 0.717) is 17.3 Å². The van der Waals surface area contributed by atoms with Crippen LogP contribution in [0.5, 0.6) is 0 Å². The van der Waals surface area contributed by atoms with Crippen molar-refractivity contribution in [2.75, 3.05) is 6.54 Å². The third-order valence-corrected chi connectivity index (χ3v) is 12.5. The summed E-state index contributed by atoms with van der Waals surface area (Å²) in [5, 5.41) is 27.8. The van der Waals surface area contributed by atoms with Crippen LogP contribution in [0, 0.1) is 46.3 Å². The van der Waals surface area contributed by atoms with Gasteiger partial charge in [0.2, 0.25) is 0 Å². The second-order valence-electron chi connectivity index (χ2n) is 14.6. The third-order valence-electron chi connectivity index (χ3n) is 12.5. The molecule has 37 heavy (non-hydrogen) atoms. The quantitative estimate of drug-likeness (QED) is 0.321. The third kappa shape index (κ3) is 4.63. The molecule has 1 heterocycles. The molecular weight excluding hydrogens is 458 g/mol. The molecule has 0 spiro atoms. The first kappa shape index (κ1) is 27.6. The number of H-pyrrole nitrogens is 1. The Bertz CT molecular complexity index is 889. The normalized spacial score (nSPS) is 44.3. The summed E-state index contributed by atoms with van der Waals surface area (Å²) in [4.78, 5) is 7.39. The van der Waals surface area contributed by atoms with Crippen molar-refractivity contribution in [2.45, 2.75) is 129 Å². The molecule has 0 amide bonds. The summed E-state index contributed by atoms with van der Waals surface area (Å²) < 4.78 is 0. The van der Waals surface area contributed by atoms with E-state index in [9.17, 15) is 10.2 Å². The first-order chi connectivity index (χ1) is 17.6. The fourth-order valence-corrected chi connectivity index (χ4v) is 10.4. The van der Waals surface area contributed by atoms with E-state index in [1.165, 1.54) is 44.9 Å². The van der Waals surface area contributed by atoms with Crippen molar-refractivity contribution in [2.24, 2.45) is 46.3 Å². The molecule has 1 aromatic rings. The van der Waals surface area contributed by atoms with Gasteiger partial charge in [-0.25, -0.2) is 4.98 Å². The molecule has 5 nitrogen and oxygen atoms in total. The standard InChI is InChI=1S/C32H55N3O2/c1-21(2)8-6-9-22(3)25-11-12-26-24-18-28(34-17-14-23-19-33-20-35-23)32(37)15-7-10-29(36)31(32,5)27(24)13-16-30(25,26)4/h19-22,24-29,34,36-37H,6-18H2,1-5H3,(H,33,35)/t22-,24+,25-,26+,27+,28-,29?,30-,31+,32+/m1/s1. The number of rotatable bonds is 9. The Labute approximate surface area is 226 Å². The lowest BCUT2D eigenvalue weighted by Crippen LogP contribution is -2.73. The summed E-state index contributed by atoms with van der Waals surface area (Å²) in [7, 11) is 0. The minimum atomic E-state index is -0.838. The Morgan fingerprint density at radius 1 is 1.08 bits per heavy atom. The summed E-state index contributed by atoms with van der Waals surface area (Å²) in [6, 6.07) is 0.0430. The number of aliphatic hydroxyl groups is 2. The molecule has 10 atom stereocenters. The highest BCUT2D eigenvalue weighted by Gasteiger charge is 2.69. The lowest BCUT2D eigenvalue weighted by Gasteiger charge is -2.67. The predicted octanol–water partition coefficient (Wildman–Crippen LogP) is 6.12. The molecule has 1 unspecified atom stereocenters. The molecule has 0 aromatic carbocycles. The highest BCUT2D eigenvalue weighted by Crippen LogP contribution is 2.69. The van der Waals surface area contributed by atoms with Crippen LogP contribution in [0.25, 0.3) is 0 Å². The van der Waals surface area contributed by atoms with Crippen LogP contribution in [0.15, 0.2) is 12.5 Å². The van der Waals surface area contributed by atoms with Gasteiger partial charge >= 0.3 is 0 Å². The van der Waals surface area contributed by atoms with E-state index in [2.05, 4.69) is 49.9 Å². The van der Waals surface area contributed by atoms with Gasteiger partial charge in [0.1, 0.15) is 0 Å². The van der Waals surface area contributed by atoms with Gasteiger partial charge < -0.3 is 20.5 Å². The zero-order valence-corrected chi connectivity index (χ0v) is 24.3. The number of aromatic nitrogens is 2. The van der Waals surface area contributed by atoms with Gasteiger partial charge in [0.05, 0.1) is 18.0 Å². The maximum Gasteiger partial charge on any atom is 0.0921 e. The van der Waals surface area contributed by atoms with Crippen molar-refractivity contribution in [1.29, 1.82) is 0 Å². The van der Waals surface area contributed by atoms with E-state index in [1.807, 2.05) is 6.20 Å². The molecule has 0 saturated heterocycles. The Balaban J connectivity index is 1.37. The van der Waals surface area contributed by atoms with Crippen LogP contribution in [0.2, 0.25) is 0 Å². The second-order valence-corrected chi connectivity index (χ2v) is 14.6. The summed E-state index contributed by atoms with van der Waals surface area (Å²) in [6.45, 7) is 13.0. The molecule has 4 aliphatic carbocycles. The fourth-order valence-electron chi connectivity index (χ4n) is 10.4. The number of fused-ring (bicyclic) bond motifs is 5. The minimum Gasteiger partial charge on any atom is -0.392 e. The Hall–Kier alpha value is -0.910. The van der Waals surface area contributed by atoms with Gasteiger partial charge in [-0.15, -0.1) is 0 Å². The second kappa shape index (κ2) is 10.6. The van der Waals surface area contributed by atoms with Crippen molar-refractivity contribution in [3.8, 4) is 0 Å². The number of imidazole rings is 1. The van der Waals surface area contributed by atoms with Crippen LogP contribution in [-0.2, 0) is 6.42 Å². The molecule has 210 valence electrons. The largest absolute Gasteiger partial charge is 0.392 e. The van der Waals surface area contributed by atoms with Gasteiger partial charge in [-0.3, -0.25) is 0 Å². The van der Waals surface area contributed by atoms with E-state index in [-0.39, 0.29) is 6.04 Å². The van der Waals surface area contributed by atoms with Crippen LogP contribution >= 0.6 is 0 Å². The van der Waals surface area contributed by atoms with Gasteiger partial charge in [-0.1, -0.05) is 53.9 Å². The molecule has 5 rings (SSSR count). The smallest absolute Gasteiger partial charge is 0.0921 e. The highest BCUT2D eigenvalue weighted by atomic mass is 16.3. The fraction of sp³-hybridized carbons (Fsp3) is 0.906. The summed E-state index contributed by atoms with van der Waals surface area (Å²) in [5.41, 5.74) is 0.275. The molecule has 4 N–H and O–H groups in total. The lowest BCUT2D eigenvalue weighted by atomic mass is 9.41. The maximum atomic E-state index is 12.4. The molecule has 4 saturated carbocycles. The zero-order chi connectivity index (χ0) is 26.4. The maximum absolute atomic E-state index is 12.4. The predicted molar refractivity (Wildman–Crippen MR) is 150 cm³/mol. The van der Waals surface area contributed by atoms with Crippen LogP contribution in [0.4, 0.5) is 0 Å². The van der Waals surface area contributed by atoms with Crippen molar-refractivity contribution in [3.63, 3.8) is 0 Å². The van der Waals surface area contributed by atoms with Gasteiger partial charge in [0, 0.05) is 36.3 Å². The summed E-state index contributed by atoms with van der Waals surface area (Å²) >= 11 is 0. The number of hydrogen-bond acceptors (Lipinski definition) is 4. The van der Waals surface area contributed by atoms with Crippen molar-refractivity contribution in [1.82, 2.24) is 15.3 Å². The topological polar surface area (TPSA) is 81.2 Å². The molecule has 0 bridgehead atoms. The average Bonchev–Trinajstić information content (AvgIpc) is 3.48. The zero-order valence-electron chi connectivity index (χ0n) is 24.3. The molecule has 1 aromatic heterocycles. The Morgan fingerprint density at radius 2 is 1.89 bits per heavy atom. The van der Waals surface area contributed by atoms with Gasteiger partial charge in [0.25, 0.3) is 0 Å². The summed E-state index contributed by atoms with van der Waals surface area (Å²) in [6.07, 6.45) is 17.0. The van der Waals surface area contributed by atoms with Crippen LogP contribution in [0.3, 0.4) is 0 Å². The van der Waals surface area contributed by atoms with Gasteiger partial charge in [-0.05, 0) is 92.3 Å². The number of nitrogens with zero attached hydrogens (tertiary/aromatic N) is 1. The Kier molecular flexibility index (Phi) is 7.90. The van der Waals surface area contributed by atoms with Crippen LogP contribution < -0.4 is 5.32 Å². The molecular formula is C32H55N3O2. The monoisotopic (exact) mass is 513 g/mol. The van der Waals surface area contributed by atoms with Crippen molar-refractivity contribution < 1.29 is 10.2 Å². The van der Waals surface area contributed by atoms with E-state index in [0.717, 1.165) is 68.0 Å². The molecule has 5 heteroatoms.